The SMILES string of the molecule is CC[C@H](Cc1cccs1)N[C@@H]1CCC[C@@H]([S@@](=O)CC)C1. The summed E-state index contributed by atoms with van der Waals surface area (Å²) in [5.41, 5.74) is 0. The highest BCUT2D eigenvalue weighted by Crippen LogP contribution is 2.24. The Bertz CT molecular complexity index is 405. The van der Waals surface area contributed by atoms with Crippen LogP contribution in [0.25, 0.3) is 0 Å². The summed E-state index contributed by atoms with van der Waals surface area (Å²) >= 11 is 1.85. The number of hydrogen-bond acceptors (Lipinski definition) is 3. The van der Waals surface area contributed by atoms with Gasteiger partial charge >= 0.3 is 0 Å². The average Bonchev–Trinajstić information content (AvgIpc) is 2.99. The first-order valence-corrected chi connectivity index (χ1v) is 10.1. The molecule has 0 radical (unpaired) electrons. The molecule has 1 aromatic rings. The molecule has 1 aromatic heterocycles. The number of nitrogens with one attached hydrogen (secondary N) is 1. The average molecular weight is 314 g/mol. The second-order valence-electron chi connectivity index (χ2n) is 5.71. The molecule has 4 atom stereocenters. The Morgan fingerprint density at radius 1 is 1.45 bits per heavy atom. The van der Waals surface area contributed by atoms with E-state index in [0.717, 1.165) is 31.4 Å². The second-order valence-corrected chi connectivity index (χ2v) is 8.75. The molecular formula is C16H27NOS2. The summed E-state index contributed by atoms with van der Waals surface area (Å²) in [6, 6.07) is 5.49. The van der Waals surface area contributed by atoms with Crippen LogP contribution < -0.4 is 5.32 Å². The van der Waals surface area contributed by atoms with E-state index in [1.54, 1.807) is 0 Å². The number of hydrogen-bond donors (Lipinski definition) is 1. The lowest BCUT2D eigenvalue weighted by Crippen LogP contribution is -2.43. The van der Waals surface area contributed by atoms with Crippen molar-refractivity contribution in [3.63, 3.8) is 0 Å². The first-order chi connectivity index (χ1) is 9.72. The van der Waals surface area contributed by atoms with Gasteiger partial charge in [0.15, 0.2) is 0 Å². The van der Waals surface area contributed by atoms with E-state index < -0.39 is 10.8 Å². The lowest BCUT2D eigenvalue weighted by Gasteiger charge is -2.32. The summed E-state index contributed by atoms with van der Waals surface area (Å²) in [6.45, 7) is 4.30. The van der Waals surface area contributed by atoms with Gasteiger partial charge in [-0.3, -0.25) is 4.21 Å². The highest BCUT2D eigenvalue weighted by atomic mass is 32.2. The van der Waals surface area contributed by atoms with Crippen LogP contribution in [-0.4, -0.2) is 27.3 Å². The Hall–Kier alpha value is -0.190. The van der Waals surface area contributed by atoms with Gasteiger partial charge in [-0.2, -0.15) is 0 Å². The lowest BCUT2D eigenvalue weighted by molar-refractivity contribution is 0.333. The van der Waals surface area contributed by atoms with Crippen LogP contribution in [-0.2, 0) is 17.2 Å². The predicted molar refractivity (Wildman–Crippen MR) is 90.0 cm³/mol. The molecule has 114 valence electrons. The number of rotatable bonds is 7. The van der Waals surface area contributed by atoms with Gasteiger partial charge in [-0.05, 0) is 43.6 Å². The molecule has 0 bridgehead atoms. The number of thiophene rings is 1. The zero-order valence-electron chi connectivity index (χ0n) is 12.6. The molecule has 1 N–H and O–H groups in total. The minimum Gasteiger partial charge on any atom is -0.311 e. The van der Waals surface area contributed by atoms with Crippen molar-refractivity contribution in [3.8, 4) is 0 Å². The summed E-state index contributed by atoms with van der Waals surface area (Å²) in [7, 11) is -0.620. The highest BCUT2D eigenvalue weighted by Gasteiger charge is 2.26. The largest absolute Gasteiger partial charge is 0.311 e. The second kappa shape index (κ2) is 8.30. The van der Waals surface area contributed by atoms with E-state index in [1.807, 2.05) is 18.3 Å². The fraction of sp³-hybridized carbons (Fsp3) is 0.750. The van der Waals surface area contributed by atoms with Crippen LogP contribution in [0.4, 0.5) is 0 Å². The minimum atomic E-state index is -0.620. The van der Waals surface area contributed by atoms with E-state index in [1.165, 1.54) is 17.7 Å². The van der Waals surface area contributed by atoms with Gasteiger partial charge in [-0.25, -0.2) is 0 Å². The molecule has 2 nitrogen and oxygen atoms in total. The summed E-state index contributed by atoms with van der Waals surface area (Å²) in [5, 5.41) is 6.40. The first-order valence-electron chi connectivity index (χ1n) is 7.88. The first kappa shape index (κ1) is 16.2. The van der Waals surface area contributed by atoms with Gasteiger partial charge in [-0.1, -0.05) is 26.3 Å². The van der Waals surface area contributed by atoms with Crippen molar-refractivity contribution in [1.29, 1.82) is 0 Å². The molecule has 0 saturated heterocycles. The van der Waals surface area contributed by atoms with Gasteiger partial charge in [0, 0.05) is 38.8 Å². The van der Waals surface area contributed by atoms with Gasteiger partial charge in [0.1, 0.15) is 0 Å². The van der Waals surface area contributed by atoms with E-state index in [0.29, 0.717) is 17.3 Å². The standard InChI is InChI=1S/C16H27NOS2/c1-3-13(11-15-8-6-10-19-15)17-14-7-5-9-16(12-14)20(18)4-2/h6,8,10,13-14,16-17H,3-5,7,9,11-12H2,1-2H3/t13-,14-,16-,20+/m1/s1. The van der Waals surface area contributed by atoms with Crippen molar-refractivity contribution in [2.45, 2.75) is 69.7 Å². The molecular weight excluding hydrogens is 286 g/mol. The topological polar surface area (TPSA) is 29.1 Å². The van der Waals surface area contributed by atoms with Gasteiger partial charge in [0.25, 0.3) is 0 Å². The van der Waals surface area contributed by atoms with Crippen LogP contribution in [0.1, 0.15) is 50.8 Å². The quantitative estimate of drug-likeness (QED) is 0.831. The van der Waals surface area contributed by atoms with Crippen molar-refractivity contribution >= 4 is 22.1 Å². The minimum absolute atomic E-state index is 0.422. The lowest BCUT2D eigenvalue weighted by atomic mass is 9.93. The maximum absolute atomic E-state index is 12.0. The summed E-state index contributed by atoms with van der Waals surface area (Å²) in [5.74, 6) is 0.809. The van der Waals surface area contributed by atoms with Crippen LogP contribution in [0.3, 0.4) is 0 Å². The molecule has 1 heterocycles. The highest BCUT2D eigenvalue weighted by molar-refractivity contribution is 7.85. The van der Waals surface area contributed by atoms with E-state index in [4.69, 9.17) is 0 Å². The van der Waals surface area contributed by atoms with Gasteiger partial charge < -0.3 is 5.32 Å². The predicted octanol–water partition coefficient (Wildman–Crippen LogP) is 3.74. The van der Waals surface area contributed by atoms with Gasteiger partial charge in [-0.15, -0.1) is 11.3 Å². The Morgan fingerprint density at radius 2 is 2.30 bits per heavy atom. The third-order valence-corrected chi connectivity index (χ3v) is 6.91. The van der Waals surface area contributed by atoms with E-state index in [2.05, 4.69) is 29.8 Å². The van der Waals surface area contributed by atoms with Crippen LogP contribution in [0.5, 0.6) is 0 Å². The molecule has 0 aliphatic heterocycles. The fourth-order valence-electron chi connectivity index (χ4n) is 3.10. The Kier molecular flexibility index (Phi) is 6.72. The summed E-state index contributed by atoms with van der Waals surface area (Å²) < 4.78 is 12.0. The van der Waals surface area contributed by atoms with Crippen LogP contribution in [0, 0.1) is 0 Å². The smallest absolute Gasteiger partial charge is 0.0362 e. The molecule has 20 heavy (non-hydrogen) atoms. The van der Waals surface area contributed by atoms with Crippen molar-refractivity contribution in [2.24, 2.45) is 0 Å². The molecule has 2 rings (SSSR count). The van der Waals surface area contributed by atoms with E-state index >= 15 is 0 Å². The maximum atomic E-state index is 12.0. The Labute approximate surface area is 129 Å². The summed E-state index contributed by atoms with van der Waals surface area (Å²) in [6.07, 6.45) is 7.02. The molecule has 1 aliphatic rings. The zero-order chi connectivity index (χ0) is 14.4. The molecule has 0 unspecified atom stereocenters. The van der Waals surface area contributed by atoms with E-state index in [9.17, 15) is 4.21 Å². The van der Waals surface area contributed by atoms with Gasteiger partial charge in [0.2, 0.25) is 0 Å². The summed E-state index contributed by atoms with van der Waals surface area (Å²) in [4.78, 5) is 1.47. The van der Waals surface area contributed by atoms with Crippen molar-refractivity contribution in [1.82, 2.24) is 5.32 Å². The fourth-order valence-corrected chi connectivity index (χ4v) is 5.23. The van der Waals surface area contributed by atoms with Crippen LogP contribution in [0.15, 0.2) is 17.5 Å². The molecule has 1 aliphatic carbocycles. The third kappa shape index (κ3) is 4.68. The monoisotopic (exact) mass is 313 g/mol. The molecule has 0 spiro atoms. The molecule has 1 saturated carbocycles. The molecule has 0 aromatic carbocycles. The zero-order valence-corrected chi connectivity index (χ0v) is 14.3. The van der Waals surface area contributed by atoms with Crippen LogP contribution >= 0.6 is 11.3 Å². The molecule has 4 heteroatoms. The maximum Gasteiger partial charge on any atom is 0.0362 e. The normalized spacial score (nSPS) is 26.3. The Morgan fingerprint density at radius 3 is 2.95 bits per heavy atom. The Balaban J connectivity index is 1.85. The van der Waals surface area contributed by atoms with Crippen LogP contribution in [0.2, 0.25) is 0 Å². The molecule has 1 fully saturated rings. The van der Waals surface area contributed by atoms with Crippen molar-refractivity contribution in [3.05, 3.63) is 22.4 Å². The van der Waals surface area contributed by atoms with Gasteiger partial charge in [0.05, 0.1) is 0 Å². The van der Waals surface area contributed by atoms with E-state index in [-0.39, 0.29) is 0 Å². The molecule has 0 amide bonds. The van der Waals surface area contributed by atoms with Crippen molar-refractivity contribution < 1.29 is 4.21 Å². The van der Waals surface area contributed by atoms with Crippen molar-refractivity contribution in [2.75, 3.05) is 5.75 Å². The third-order valence-electron chi connectivity index (χ3n) is 4.27.